The van der Waals surface area contributed by atoms with Crippen LogP contribution in [0.5, 0.6) is 0 Å². The highest BCUT2D eigenvalue weighted by molar-refractivity contribution is 7.80. The number of thiol groups is 1. The first kappa shape index (κ1) is 20.4. The van der Waals surface area contributed by atoms with Gasteiger partial charge in [-0.25, -0.2) is 9.78 Å². The van der Waals surface area contributed by atoms with Crippen molar-refractivity contribution < 1.29 is 24.3 Å². The van der Waals surface area contributed by atoms with Crippen LogP contribution in [0.3, 0.4) is 0 Å². The van der Waals surface area contributed by atoms with Crippen LogP contribution in [0.25, 0.3) is 0 Å². The topological polar surface area (TPSA) is 193 Å². The zero-order valence-corrected chi connectivity index (χ0v) is 14.0. The Morgan fingerprint density at radius 2 is 1.88 bits per heavy atom. The van der Waals surface area contributed by atoms with E-state index in [-0.39, 0.29) is 12.2 Å². The summed E-state index contributed by atoms with van der Waals surface area (Å²) >= 11 is 3.87. The van der Waals surface area contributed by atoms with Gasteiger partial charge in [0.15, 0.2) is 0 Å². The van der Waals surface area contributed by atoms with Crippen LogP contribution >= 0.6 is 12.6 Å². The van der Waals surface area contributed by atoms with Gasteiger partial charge in [-0.3, -0.25) is 14.4 Å². The summed E-state index contributed by atoms with van der Waals surface area (Å²) in [6.45, 7) is 0. The lowest BCUT2D eigenvalue weighted by atomic mass is 10.1. The first-order valence-electron chi connectivity index (χ1n) is 7.20. The van der Waals surface area contributed by atoms with Crippen molar-refractivity contribution in [3.05, 3.63) is 18.2 Å². The lowest BCUT2D eigenvalue weighted by Crippen LogP contribution is -2.56. The molecule has 3 unspecified atom stereocenters. The SMILES string of the molecule is NC(=O)CC(NC(=O)C(N)CS)C(=O)NC(Cc1cnc[nH]1)C(=O)O. The first-order valence-corrected chi connectivity index (χ1v) is 7.83. The van der Waals surface area contributed by atoms with Crippen molar-refractivity contribution in [2.75, 3.05) is 5.75 Å². The molecule has 138 valence electrons. The van der Waals surface area contributed by atoms with Crippen molar-refractivity contribution in [3.63, 3.8) is 0 Å². The van der Waals surface area contributed by atoms with Gasteiger partial charge in [-0.15, -0.1) is 0 Å². The van der Waals surface area contributed by atoms with Crippen molar-refractivity contribution in [3.8, 4) is 0 Å². The van der Waals surface area contributed by atoms with Gasteiger partial charge in [-0.05, 0) is 0 Å². The molecule has 0 saturated heterocycles. The molecule has 8 N–H and O–H groups in total. The molecule has 0 aliphatic carbocycles. The smallest absolute Gasteiger partial charge is 0.326 e. The highest BCUT2D eigenvalue weighted by Gasteiger charge is 2.29. The predicted molar refractivity (Wildman–Crippen MR) is 89.4 cm³/mol. The number of H-pyrrole nitrogens is 1. The number of primary amides is 1. The Labute approximate surface area is 148 Å². The summed E-state index contributed by atoms with van der Waals surface area (Å²) in [5.41, 5.74) is 11.1. The van der Waals surface area contributed by atoms with E-state index >= 15 is 0 Å². The number of aromatic amines is 1. The largest absolute Gasteiger partial charge is 0.480 e. The minimum Gasteiger partial charge on any atom is -0.480 e. The number of amides is 3. The number of carboxylic acid groups (broad SMARTS) is 1. The summed E-state index contributed by atoms with van der Waals surface area (Å²) in [5.74, 6) is -3.70. The number of carbonyl (C=O) groups excluding carboxylic acids is 3. The van der Waals surface area contributed by atoms with Crippen LogP contribution in [0.15, 0.2) is 12.5 Å². The number of hydrogen-bond donors (Lipinski definition) is 7. The lowest BCUT2D eigenvalue weighted by Gasteiger charge is -2.21. The fraction of sp³-hybridized carbons (Fsp3) is 0.462. The Kier molecular flexibility index (Phi) is 7.88. The molecule has 1 heterocycles. The number of hydrogen-bond acceptors (Lipinski definition) is 7. The fourth-order valence-electron chi connectivity index (χ4n) is 1.86. The Balaban J connectivity index is 2.81. The summed E-state index contributed by atoms with van der Waals surface area (Å²) < 4.78 is 0. The van der Waals surface area contributed by atoms with E-state index in [1.54, 1.807) is 0 Å². The van der Waals surface area contributed by atoms with Gasteiger partial charge < -0.3 is 32.2 Å². The van der Waals surface area contributed by atoms with E-state index in [2.05, 4.69) is 33.2 Å². The lowest BCUT2D eigenvalue weighted by molar-refractivity contribution is -0.142. The van der Waals surface area contributed by atoms with E-state index < -0.39 is 48.2 Å². The number of aromatic nitrogens is 2. The zero-order chi connectivity index (χ0) is 19.0. The quantitative estimate of drug-likeness (QED) is 0.215. The van der Waals surface area contributed by atoms with E-state index in [0.29, 0.717) is 5.69 Å². The normalized spacial score (nSPS) is 14.2. The second-order valence-corrected chi connectivity index (χ2v) is 5.57. The third-order valence-electron chi connectivity index (χ3n) is 3.17. The van der Waals surface area contributed by atoms with Crippen LogP contribution in [0, 0.1) is 0 Å². The highest BCUT2D eigenvalue weighted by atomic mass is 32.1. The van der Waals surface area contributed by atoms with Crippen LogP contribution < -0.4 is 22.1 Å². The van der Waals surface area contributed by atoms with Crippen LogP contribution in [-0.4, -0.2) is 62.6 Å². The van der Waals surface area contributed by atoms with Crippen LogP contribution in [0.2, 0.25) is 0 Å². The molecular weight excluding hydrogens is 352 g/mol. The molecule has 0 saturated carbocycles. The van der Waals surface area contributed by atoms with E-state index in [1.807, 2.05) is 0 Å². The molecule has 0 fully saturated rings. The summed E-state index contributed by atoms with van der Waals surface area (Å²) in [5, 5.41) is 13.8. The van der Waals surface area contributed by atoms with Gasteiger partial charge in [-0.2, -0.15) is 12.6 Å². The summed E-state index contributed by atoms with van der Waals surface area (Å²) in [6.07, 6.45) is 2.21. The maximum atomic E-state index is 12.3. The number of nitrogens with zero attached hydrogens (tertiary/aromatic N) is 1. The molecule has 0 aliphatic rings. The third-order valence-corrected chi connectivity index (χ3v) is 3.56. The Morgan fingerprint density at radius 3 is 2.36 bits per heavy atom. The average molecular weight is 372 g/mol. The number of carboxylic acids is 1. The molecule has 12 heteroatoms. The van der Waals surface area contributed by atoms with Gasteiger partial charge in [0, 0.05) is 24.1 Å². The van der Waals surface area contributed by atoms with Gasteiger partial charge in [-0.1, -0.05) is 0 Å². The van der Waals surface area contributed by atoms with Crippen molar-refractivity contribution in [2.24, 2.45) is 11.5 Å². The summed E-state index contributed by atoms with van der Waals surface area (Å²) in [4.78, 5) is 53.0. The second-order valence-electron chi connectivity index (χ2n) is 5.20. The number of nitrogens with two attached hydrogens (primary N) is 2. The van der Waals surface area contributed by atoms with E-state index in [9.17, 15) is 24.3 Å². The fourth-order valence-corrected chi connectivity index (χ4v) is 2.03. The van der Waals surface area contributed by atoms with Gasteiger partial charge in [0.25, 0.3) is 0 Å². The van der Waals surface area contributed by atoms with Gasteiger partial charge >= 0.3 is 5.97 Å². The van der Waals surface area contributed by atoms with Crippen molar-refractivity contribution in [1.29, 1.82) is 0 Å². The molecule has 0 aliphatic heterocycles. The molecule has 3 atom stereocenters. The molecule has 25 heavy (non-hydrogen) atoms. The van der Waals surface area contributed by atoms with Gasteiger partial charge in [0.2, 0.25) is 17.7 Å². The van der Waals surface area contributed by atoms with Gasteiger partial charge in [0.1, 0.15) is 12.1 Å². The Morgan fingerprint density at radius 1 is 1.24 bits per heavy atom. The molecule has 1 aromatic rings. The number of imidazole rings is 1. The minimum atomic E-state index is -1.35. The molecule has 1 aromatic heterocycles. The van der Waals surface area contributed by atoms with Crippen LogP contribution in [-0.2, 0) is 25.6 Å². The number of rotatable bonds is 10. The molecule has 3 amide bonds. The summed E-state index contributed by atoms with van der Waals surface area (Å²) in [6, 6.07) is -3.63. The Hall–Kier alpha value is -2.60. The molecule has 0 bridgehead atoms. The predicted octanol–water partition coefficient (Wildman–Crippen LogP) is -2.86. The maximum absolute atomic E-state index is 12.3. The minimum absolute atomic E-state index is 0.0221. The van der Waals surface area contributed by atoms with E-state index in [4.69, 9.17) is 11.5 Å². The molecule has 11 nitrogen and oxygen atoms in total. The number of carbonyl (C=O) groups is 4. The van der Waals surface area contributed by atoms with Crippen molar-refractivity contribution in [1.82, 2.24) is 20.6 Å². The zero-order valence-electron chi connectivity index (χ0n) is 13.1. The molecule has 0 aromatic carbocycles. The standard InChI is InChI=1S/C13H20N6O5S/c14-7(4-25)11(21)18-8(2-10(15)20)12(22)19-9(13(23)24)1-6-3-16-5-17-6/h3,5,7-9,25H,1-2,4,14H2,(H2,15,20)(H,16,17)(H,18,21)(H,19,22)(H,23,24). The van der Waals surface area contributed by atoms with Crippen molar-refractivity contribution >= 4 is 36.3 Å². The number of aliphatic carboxylic acids is 1. The van der Waals surface area contributed by atoms with E-state index in [1.165, 1.54) is 12.5 Å². The first-order chi connectivity index (χ1) is 11.7. The molecule has 0 spiro atoms. The van der Waals surface area contributed by atoms with E-state index in [0.717, 1.165) is 0 Å². The Bertz CT molecular complexity index is 622. The van der Waals surface area contributed by atoms with Crippen molar-refractivity contribution in [2.45, 2.75) is 31.0 Å². The maximum Gasteiger partial charge on any atom is 0.326 e. The third kappa shape index (κ3) is 6.81. The second kappa shape index (κ2) is 9.64. The van der Waals surface area contributed by atoms with Gasteiger partial charge in [0.05, 0.1) is 18.8 Å². The molecular formula is C13H20N6O5S. The highest BCUT2D eigenvalue weighted by Crippen LogP contribution is 2.01. The number of nitrogens with one attached hydrogen (secondary N) is 3. The monoisotopic (exact) mass is 372 g/mol. The van der Waals surface area contributed by atoms with Crippen LogP contribution in [0.1, 0.15) is 12.1 Å². The average Bonchev–Trinajstić information content (AvgIpc) is 3.05. The summed E-state index contributed by atoms with van der Waals surface area (Å²) in [7, 11) is 0. The van der Waals surface area contributed by atoms with Crippen LogP contribution in [0.4, 0.5) is 0 Å². The molecule has 1 rings (SSSR count). The molecule has 0 radical (unpaired) electrons.